The Hall–Kier alpha value is -3.09. The molecule has 0 aromatic heterocycles. The highest BCUT2D eigenvalue weighted by molar-refractivity contribution is 6.99. The maximum absolute atomic E-state index is 12.8. The number of hydrogen-bond acceptors (Lipinski definition) is 5. The summed E-state index contributed by atoms with van der Waals surface area (Å²) >= 11 is 0. The van der Waals surface area contributed by atoms with E-state index in [0.29, 0.717) is 19.6 Å². The van der Waals surface area contributed by atoms with Gasteiger partial charge in [-0.2, -0.15) is 0 Å². The van der Waals surface area contributed by atoms with E-state index in [4.69, 9.17) is 13.9 Å². The van der Waals surface area contributed by atoms with Crippen LogP contribution in [0.5, 0.6) is 11.5 Å². The van der Waals surface area contributed by atoms with Crippen LogP contribution in [0.1, 0.15) is 169 Å². The summed E-state index contributed by atoms with van der Waals surface area (Å²) < 4.78 is 19.5. The summed E-state index contributed by atoms with van der Waals surface area (Å²) in [6.07, 6.45) is 22.8. The molecule has 0 bridgehead atoms. The Kier molecular flexibility index (Phi) is 21.7. The molecule has 0 fully saturated rings. The largest absolute Gasteiger partial charge is 0.508 e. The molecule has 3 aromatic carbocycles. The van der Waals surface area contributed by atoms with E-state index < -0.39 is 8.32 Å². The molecule has 0 heterocycles. The molecule has 0 amide bonds. The van der Waals surface area contributed by atoms with Gasteiger partial charge in [0.1, 0.15) is 17.6 Å². The monoisotopic (exact) mass is 759 g/mol. The standard InChI is InChI=1S/C48H74O5Si/c1-6-8-10-12-15-21-29-43(30-22-16-13-11-9-7-2)53-47(50)35-27-17-14-18-28-38-51-46-37-36-42(49)39-41(46)40-52-54(48(3,4)5,44-31-23-19-24-32-44)45-33-25-20-26-34-45/h19-20,23-26,31-34,36-37,39,43,49H,6-18,21-22,27-30,35,38,40H2,1-5H3. The van der Waals surface area contributed by atoms with Gasteiger partial charge in [0.2, 0.25) is 0 Å². The number of rotatable bonds is 29. The number of phenolic OH excluding ortho intramolecular Hbond substituents is 1. The predicted octanol–water partition coefficient (Wildman–Crippen LogP) is 12.6. The normalized spacial score (nSPS) is 12.0. The third-order valence-electron chi connectivity index (χ3n) is 10.7. The fourth-order valence-electron chi connectivity index (χ4n) is 7.66. The molecule has 0 aliphatic heterocycles. The van der Waals surface area contributed by atoms with E-state index in [1.54, 1.807) is 12.1 Å². The number of carbonyl (C=O) groups excluding carboxylic acids is 1. The highest BCUT2D eigenvalue weighted by Crippen LogP contribution is 2.38. The number of phenols is 1. The molecule has 0 unspecified atom stereocenters. The maximum Gasteiger partial charge on any atom is 0.306 e. The zero-order chi connectivity index (χ0) is 38.9. The Labute approximate surface area is 330 Å². The van der Waals surface area contributed by atoms with E-state index in [0.717, 1.165) is 56.3 Å². The van der Waals surface area contributed by atoms with Crippen molar-refractivity contribution < 1.29 is 23.8 Å². The number of benzene rings is 3. The minimum absolute atomic E-state index is 0.0135. The summed E-state index contributed by atoms with van der Waals surface area (Å²) in [5.74, 6) is 0.948. The fraction of sp³-hybridized carbons (Fsp3) is 0.604. The van der Waals surface area contributed by atoms with Crippen LogP contribution in [0.3, 0.4) is 0 Å². The molecule has 5 nitrogen and oxygen atoms in total. The Morgan fingerprint density at radius 2 is 1.15 bits per heavy atom. The van der Waals surface area contributed by atoms with Gasteiger partial charge in [-0.25, -0.2) is 0 Å². The van der Waals surface area contributed by atoms with Gasteiger partial charge in [-0.1, -0.05) is 179 Å². The number of hydrogen-bond donors (Lipinski definition) is 1. The number of unbranched alkanes of at least 4 members (excludes halogenated alkanes) is 14. The van der Waals surface area contributed by atoms with Crippen LogP contribution in [0.15, 0.2) is 78.9 Å². The second-order valence-electron chi connectivity index (χ2n) is 16.3. The highest BCUT2D eigenvalue weighted by Gasteiger charge is 2.50. The summed E-state index contributed by atoms with van der Waals surface area (Å²) in [5, 5.41) is 12.8. The quantitative estimate of drug-likeness (QED) is 0.0434. The summed E-state index contributed by atoms with van der Waals surface area (Å²) in [6, 6.07) is 26.6. The Morgan fingerprint density at radius 1 is 0.648 bits per heavy atom. The van der Waals surface area contributed by atoms with Crippen molar-refractivity contribution >= 4 is 24.7 Å². The van der Waals surface area contributed by atoms with Crippen LogP contribution in [0, 0.1) is 0 Å². The Morgan fingerprint density at radius 3 is 1.69 bits per heavy atom. The lowest BCUT2D eigenvalue weighted by Gasteiger charge is -2.43. The Balaban J connectivity index is 1.45. The maximum atomic E-state index is 12.8. The van der Waals surface area contributed by atoms with Crippen LogP contribution in [-0.4, -0.2) is 32.1 Å². The molecule has 3 rings (SSSR count). The van der Waals surface area contributed by atoms with Crippen LogP contribution >= 0.6 is 0 Å². The van der Waals surface area contributed by atoms with Crippen molar-refractivity contribution in [3.05, 3.63) is 84.4 Å². The van der Waals surface area contributed by atoms with Gasteiger partial charge in [0.05, 0.1) is 13.2 Å². The number of carbonyl (C=O) groups is 1. The summed E-state index contributed by atoms with van der Waals surface area (Å²) in [4.78, 5) is 12.8. The number of esters is 1. The SMILES string of the molecule is CCCCCCCCC(CCCCCCCC)OC(=O)CCCCCCCOc1ccc(O)cc1CO[Si](c1ccccc1)(c1ccccc1)C(C)(C)C. The average molecular weight is 759 g/mol. The summed E-state index contributed by atoms with van der Waals surface area (Å²) in [6.45, 7) is 12.3. The second kappa shape index (κ2) is 25.9. The Bertz CT molecular complexity index is 1350. The topological polar surface area (TPSA) is 65.0 Å². The van der Waals surface area contributed by atoms with E-state index in [1.807, 2.05) is 6.07 Å². The van der Waals surface area contributed by atoms with E-state index in [1.165, 1.54) is 87.4 Å². The molecule has 0 aliphatic rings. The molecule has 0 aliphatic carbocycles. The smallest absolute Gasteiger partial charge is 0.306 e. The first-order chi connectivity index (χ1) is 26.2. The lowest BCUT2D eigenvalue weighted by Crippen LogP contribution is -2.66. The van der Waals surface area contributed by atoms with Crippen molar-refractivity contribution in [1.82, 2.24) is 0 Å². The van der Waals surface area contributed by atoms with Gasteiger partial charge >= 0.3 is 5.97 Å². The van der Waals surface area contributed by atoms with Crippen LogP contribution in [0.2, 0.25) is 5.04 Å². The van der Waals surface area contributed by atoms with Gasteiger partial charge in [-0.3, -0.25) is 4.79 Å². The van der Waals surface area contributed by atoms with Gasteiger partial charge in [0.15, 0.2) is 0 Å². The van der Waals surface area contributed by atoms with Crippen LogP contribution in [-0.2, 0) is 20.6 Å². The zero-order valence-corrected chi connectivity index (χ0v) is 35.7. The van der Waals surface area contributed by atoms with E-state index >= 15 is 0 Å². The van der Waals surface area contributed by atoms with Gasteiger partial charge in [-0.05, 0) is 72.1 Å². The molecule has 6 heteroatoms. The van der Waals surface area contributed by atoms with Crippen molar-refractivity contribution in [2.75, 3.05) is 6.61 Å². The minimum atomic E-state index is -2.74. The molecule has 54 heavy (non-hydrogen) atoms. The van der Waals surface area contributed by atoms with Crippen LogP contribution in [0.4, 0.5) is 0 Å². The molecule has 300 valence electrons. The van der Waals surface area contributed by atoms with Gasteiger partial charge < -0.3 is 19.0 Å². The molecule has 0 saturated heterocycles. The van der Waals surface area contributed by atoms with E-state index in [-0.39, 0.29) is 22.9 Å². The first kappa shape index (κ1) is 45.3. The molecular weight excluding hydrogens is 685 g/mol. The second-order valence-corrected chi connectivity index (χ2v) is 20.6. The van der Waals surface area contributed by atoms with Gasteiger partial charge in [-0.15, -0.1) is 0 Å². The van der Waals surface area contributed by atoms with Crippen LogP contribution in [0.25, 0.3) is 0 Å². The molecule has 0 radical (unpaired) electrons. The molecular formula is C48H74O5Si. The third kappa shape index (κ3) is 15.9. The van der Waals surface area contributed by atoms with Crippen LogP contribution < -0.4 is 15.1 Å². The van der Waals surface area contributed by atoms with Crippen molar-refractivity contribution in [2.24, 2.45) is 0 Å². The first-order valence-corrected chi connectivity index (χ1v) is 23.5. The van der Waals surface area contributed by atoms with Crippen molar-refractivity contribution in [3.8, 4) is 11.5 Å². The van der Waals surface area contributed by atoms with Crippen molar-refractivity contribution in [3.63, 3.8) is 0 Å². The summed E-state index contributed by atoms with van der Waals surface area (Å²) in [5.41, 5.74) is 0.854. The molecule has 0 atom stereocenters. The lowest BCUT2D eigenvalue weighted by atomic mass is 10.0. The van der Waals surface area contributed by atoms with Crippen molar-refractivity contribution in [1.29, 1.82) is 0 Å². The summed E-state index contributed by atoms with van der Waals surface area (Å²) in [7, 11) is -2.74. The zero-order valence-electron chi connectivity index (χ0n) is 34.7. The number of aromatic hydroxyl groups is 1. The fourth-order valence-corrected chi connectivity index (χ4v) is 12.2. The number of ether oxygens (including phenoxy) is 2. The average Bonchev–Trinajstić information content (AvgIpc) is 3.16. The van der Waals surface area contributed by atoms with Crippen molar-refractivity contribution in [2.45, 2.75) is 181 Å². The lowest BCUT2D eigenvalue weighted by molar-refractivity contribution is -0.150. The molecule has 0 saturated carbocycles. The minimum Gasteiger partial charge on any atom is -0.508 e. The highest BCUT2D eigenvalue weighted by atomic mass is 28.4. The molecule has 3 aromatic rings. The predicted molar refractivity (Wildman–Crippen MR) is 230 cm³/mol. The third-order valence-corrected chi connectivity index (χ3v) is 15.7. The molecule has 0 spiro atoms. The first-order valence-electron chi connectivity index (χ1n) is 21.6. The van der Waals surface area contributed by atoms with E-state index in [9.17, 15) is 9.90 Å². The van der Waals surface area contributed by atoms with Gasteiger partial charge in [0.25, 0.3) is 8.32 Å². The molecule has 1 N–H and O–H groups in total. The van der Waals surface area contributed by atoms with E-state index in [2.05, 4.69) is 95.3 Å². The van der Waals surface area contributed by atoms with Gasteiger partial charge in [0, 0.05) is 12.0 Å².